The number of halogens is 1. The van der Waals surface area contributed by atoms with Crippen LogP contribution in [0.15, 0.2) is 6.20 Å². The van der Waals surface area contributed by atoms with E-state index in [1.54, 1.807) is 17.5 Å². The molecule has 2 unspecified atom stereocenters. The van der Waals surface area contributed by atoms with Crippen LogP contribution >= 0.6 is 22.9 Å². The summed E-state index contributed by atoms with van der Waals surface area (Å²) in [4.78, 5) is 4.22. The predicted molar refractivity (Wildman–Crippen MR) is 65.3 cm³/mol. The molecule has 4 heteroatoms. The van der Waals surface area contributed by atoms with Crippen molar-refractivity contribution in [3.63, 3.8) is 0 Å². The first-order chi connectivity index (χ1) is 7.24. The Kier molecular flexibility index (Phi) is 4.00. The molecule has 15 heavy (non-hydrogen) atoms. The molecule has 1 heterocycles. The molecule has 1 fully saturated rings. The van der Waals surface area contributed by atoms with Gasteiger partial charge in [0.15, 0.2) is 0 Å². The second-order valence-corrected chi connectivity index (χ2v) is 6.22. The van der Waals surface area contributed by atoms with E-state index in [0.717, 1.165) is 34.3 Å². The van der Waals surface area contributed by atoms with Gasteiger partial charge in [0.2, 0.25) is 0 Å². The Morgan fingerprint density at radius 2 is 2.47 bits per heavy atom. The average molecular weight is 245 g/mol. The topological polar surface area (TPSA) is 24.9 Å². The molecule has 0 radical (unpaired) electrons. The average Bonchev–Trinajstić information content (AvgIpc) is 2.76. The molecule has 84 valence electrons. The van der Waals surface area contributed by atoms with E-state index in [-0.39, 0.29) is 0 Å². The summed E-state index contributed by atoms with van der Waals surface area (Å²) in [6.45, 7) is 4.34. The van der Waals surface area contributed by atoms with Crippen molar-refractivity contribution < 1.29 is 0 Å². The molecule has 2 rings (SSSR count). The second kappa shape index (κ2) is 5.28. The molecule has 0 aliphatic heterocycles. The van der Waals surface area contributed by atoms with Crippen LogP contribution in [0.3, 0.4) is 0 Å². The number of nitrogens with one attached hydrogen (secondary N) is 1. The van der Waals surface area contributed by atoms with Crippen LogP contribution in [-0.2, 0) is 6.54 Å². The third kappa shape index (κ3) is 3.44. The number of rotatable bonds is 4. The standard InChI is InChI=1S/C11H17ClN2S/c1-8-2-3-9(4-8)5-13-7-11-14-6-10(12)15-11/h6,8-9,13H,2-5,7H2,1H3. The van der Waals surface area contributed by atoms with E-state index >= 15 is 0 Å². The molecule has 0 aromatic carbocycles. The van der Waals surface area contributed by atoms with Gasteiger partial charge in [0, 0.05) is 6.54 Å². The minimum atomic E-state index is 0.779. The van der Waals surface area contributed by atoms with Crippen LogP contribution in [0.4, 0.5) is 0 Å². The van der Waals surface area contributed by atoms with Crippen LogP contribution in [0.25, 0.3) is 0 Å². The van der Waals surface area contributed by atoms with E-state index < -0.39 is 0 Å². The van der Waals surface area contributed by atoms with Crippen molar-refractivity contribution in [2.75, 3.05) is 6.54 Å². The van der Waals surface area contributed by atoms with Gasteiger partial charge in [0.25, 0.3) is 0 Å². The van der Waals surface area contributed by atoms with Gasteiger partial charge in [-0.05, 0) is 31.2 Å². The van der Waals surface area contributed by atoms with E-state index in [4.69, 9.17) is 11.6 Å². The second-order valence-electron chi connectivity index (χ2n) is 4.47. The Labute approximate surface area is 100 Å². The fourth-order valence-corrected chi connectivity index (χ4v) is 3.19. The molecule has 0 spiro atoms. The van der Waals surface area contributed by atoms with Gasteiger partial charge in [-0.3, -0.25) is 0 Å². The SMILES string of the molecule is CC1CCC(CNCc2ncc(Cl)s2)C1. The largest absolute Gasteiger partial charge is 0.310 e. The van der Waals surface area contributed by atoms with Crippen LogP contribution in [0.2, 0.25) is 4.34 Å². The zero-order valence-corrected chi connectivity index (χ0v) is 10.6. The van der Waals surface area contributed by atoms with Gasteiger partial charge >= 0.3 is 0 Å². The lowest BCUT2D eigenvalue weighted by Gasteiger charge is -2.09. The molecule has 1 aliphatic carbocycles. The molecular formula is C11H17ClN2S. The van der Waals surface area contributed by atoms with E-state index in [0.29, 0.717) is 0 Å². The Morgan fingerprint density at radius 1 is 1.60 bits per heavy atom. The maximum atomic E-state index is 5.81. The summed E-state index contributed by atoms with van der Waals surface area (Å²) >= 11 is 7.38. The van der Waals surface area contributed by atoms with E-state index in [2.05, 4.69) is 17.2 Å². The third-order valence-corrected chi connectivity index (χ3v) is 4.15. The van der Waals surface area contributed by atoms with Crippen LogP contribution < -0.4 is 5.32 Å². The van der Waals surface area contributed by atoms with Crippen molar-refractivity contribution in [3.05, 3.63) is 15.5 Å². The minimum Gasteiger partial charge on any atom is -0.310 e. The number of hydrogen-bond acceptors (Lipinski definition) is 3. The van der Waals surface area contributed by atoms with E-state index in [1.807, 2.05) is 0 Å². The highest BCUT2D eigenvalue weighted by Crippen LogP contribution is 2.29. The summed E-state index contributed by atoms with van der Waals surface area (Å²) in [5.74, 6) is 1.79. The van der Waals surface area contributed by atoms with E-state index in [9.17, 15) is 0 Å². The molecule has 2 nitrogen and oxygen atoms in total. The van der Waals surface area contributed by atoms with Gasteiger partial charge in [0.1, 0.15) is 9.34 Å². The molecule has 0 saturated heterocycles. The molecule has 1 aliphatic rings. The van der Waals surface area contributed by atoms with Gasteiger partial charge < -0.3 is 5.32 Å². The molecule has 1 N–H and O–H groups in total. The van der Waals surface area contributed by atoms with Crippen molar-refractivity contribution >= 4 is 22.9 Å². The van der Waals surface area contributed by atoms with Crippen LogP contribution in [0.5, 0.6) is 0 Å². The summed E-state index contributed by atoms with van der Waals surface area (Å²) in [5.41, 5.74) is 0. The number of nitrogens with zero attached hydrogens (tertiary/aromatic N) is 1. The first-order valence-electron chi connectivity index (χ1n) is 5.55. The Bertz CT molecular complexity index is 313. The third-order valence-electron chi connectivity index (χ3n) is 3.04. The number of aromatic nitrogens is 1. The maximum Gasteiger partial charge on any atom is 0.113 e. The maximum absolute atomic E-state index is 5.81. The van der Waals surface area contributed by atoms with Crippen LogP contribution in [-0.4, -0.2) is 11.5 Å². The lowest BCUT2D eigenvalue weighted by molar-refractivity contribution is 0.470. The molecule has 0 bridgehead atoms. The normalized spacial score (nSPS) is 26.0. The monoisotopic (exact) mass is 244 g/mol. The van der Waals surface area contributed by atoms with Gasteiger partial charge in [-0.1, -0.05) is 24.9 Å². The van der Waals surface area contributed by atoms with Crippen LogP contribution in [0, 0.1) is 11.8 Å². The van der Waals surface area contributed by atoms with Gasteiger partial charge in [-0.2, -0.15) is 0 Å². The number of hydrogen-bond donors (Lipinski definition) is 1. The Morgan fingerprint density at radius 3 is 3.07 bits per heavy atom. The summed E-state index contributed by atoms with van der Waals surface area (Å²) in [6.07, 6.45) is 5.88. The fourth-order valence-electron chi connectivity index (χ4n) is 2.26. The van der Waals surface area contributed by atoms with Crippen LogP contribution in [0.1, 0.15) is 31.2 Å². The van der Waals surface area contributed by atoms with Crippen molar-refractivity contribution in [2.24, 2.45) is 11.8 Å². The highest BCUT2D eigenvalue weighted by Gasteiger charge is 2.20. The van der Waals surface area contributed by atoms with E-state index in [1.165, 1.54) is 19.3 Å². The zero-order valence-electron chi connectivity index (χ0n) is 9.00. The molecule has 1 aromatic rings. The summed E-state index contributed by atoms with van der Waals surface area (Å²) in [7, 11) is 0. The smallest absolute Gasteiger partial charge is 0.113 e. The van der Waals surface area contributed by atoms with Crippen molar-refractivity contribution in [1.82, 2.24) is 10.3 Å². The van der Waals surface area contributed by atoms with Crippen molar-refractivity contribution in [1.29, 1.82) is 0 Å². The first kappa shape index (κ1) is 11.4. The Hall–Kier alpha value is -0.120. The molecular weight excluding hydrogens is 228 g/mol. The first-order valence-corrected chi connectivity index (χ1v) is 6.74. The highest BCUT2D eigenvalue weighted by atomic mass is 35.5. The summed E-state index contributed by atoms with van der Waals surface area (Å²) in [6, 6.07) is 0. The molecule has 1 saturated carbocycles. The fraction of sp³-hybridized carbons (Fsp3) is 0.727. The predicted octanol–water partition coefficient (Wildman–Crippen LogP) is 3.32. The minimum absolute atomic E-state index is 0.779. The molecule has 1 aromatic heterocycles. The molecule has 2 atom stereocenters. The van der Waals surface area contributed by atoms with Gasteiger partial charge in [0.05, 0.1) is 6.20 Å². The Balaban J connectivity index is 1.67. The lowest BCUT2D eigenvalue weighted by atomic mass is 10.1. The van der Waals surface area contributed by atoms with Gasteiger partial charge in [-0.25, -0.2) is 4.98 Å². The zero-order chi connectivity index (χ0) is 10.7. The summed E-state index contributed by atoms with van der Waals surface area (Å²) < 4.78 is 0.779. The number of thiazole rings is 1. The highest BCUT2D eigenvalue weighted by molar-refractivity contribution is 7.15. The molecule has 0 amide bonds. The quantitative estimate of drug-likeness (QED) is 0.879. The van der Waals surface area contributed by atoms with Crippen molar-refractivity contribution in [2.45, 2.75) is 32.7 Å². The lowest BCUT2D eigenvalue weighted by Crippen LogP contribution is -2.20. The van der Waals surface area contributed by atoms with Crippen molar-refractivity contribution in [3.8, 4) is 0 Å². The summed E-state index contributed by atoms with van der Waals surface area (Å²) in [5, 5.41) is 4.56. The van der Waals surface area contributed by atoms with Gasteiger partial charge in [-0.15, -0.1) is 11.3 Å².